The third-order valence-corrected chi connectivity index (χ3v) is 4.72. The molecule has 0 aromatic carbocycles. The SMILES string of the molecule is O=C(CSC1CCNCC1)NCCCOCc1ccco1. The molecule has 2 N–H and O–H groups in total. The van der Waals surface area contributed by atoms with Crippen LogP contribution in [0.4, 0.5) is 0 Å². The molecule has 0 spiro atoms. The fraction of sp³-hybridized carbons (Fsp3) is 0.667. The minimum absolute atomic E-state index is 0.129. The van der Waals surface area contributed by atoms with Crippen LogP contribution in [0.2, 0.25) is 0 Å². The highest BCUT2D eigenvalue weighted by atomic mass is 32.2. The van der Waals surface area contributed by atoms with Crippen molar-refractivity contribution in [3.05, 3.63) is 24.2 Å². The van der Waals surface area contributed by atoms with Gasteiger partial charge in [0.25, 0.3) is 0 Å². The van der Waals surface area contributed by atoms with Crippen molar-refractivity contribution < 1.29 is 13.9 Å². The zero-order valence-corrected chi connectivity index (χ0v) is 13.1. The van der Waals surface area contributed by atoms with Crippen molar-refractivity contribution >= 4 is 17.7 Å². The molecule has 1 aromatic heterocycles. The van der Waals surface area contributed by atoms with Gasteiger partial charge in [-0.3, -0.25) is 4.79 Å². The molecule has 1 fully saturated rings. The predicted octanol–water partition coefficient (Wildman–Crippen LogP) is 1.79. The van der Waals surface area contributed by atoms with Gasteiger partial charge in [-0.2, -0.15) is 0 Å². The molecule has 21 heavy (non-hydrogen) atoms. The fourth-order valence-corrected chi connectivity index (χ4v) is 3.23. The van der Waals surface area contributed by atoms with E-state index in [-0.39, 0.29) is 5.91 Å². The van der Waals surface area contributed by atoms with Crippen LogP contribution in [0.5, 0.6) is 0 Å². The molecule has 2 heterocycles. The first-order chi connectivity index (χ1) is 10.3. The molecule has 118 valence electrons. The van der Waals surface area contributed by atoms with Crippen LogP contribution in [0.15, 0.2) is 22.8 Å². The number of furan rings is 1. The van der Waals surface area contributed by atoms with E-state index < -0.39 is 0 Å². The van der Waals surface area contributed by atoms with Crippen molar-refractivity contribution in [2.24, 2.45) is 0 Å². The molecule has 2 rings (SSSR count). The molecule has 0 radical (unpaired) electrons. The highest BCUT2D eigenvalue weighted by Gasteiger charge is 2.14. The van der Waals surface area contributed by atoms with Gasteiger partial charge in [0.1, 0.15) is 12.4 Å². The molecule has 1 saturated heterocycles. The number of piperidine rings is 1. The minimum Gasteiger partial charge on any atom is -0.467 e. The Hall–Kier alpha value is -0.980. The van der Waals surface area contributed by atoms with E-state index in [0.29, 0.717) is 30.8 Å². The Morgan fingerprint density at radius 3 is 3.10 bits per heavy atom. The van der Waals surface area contributed by atoms with E-state index in [1.165, 1.54) is 12.8 Å². The first-order valence-corrected chi connectivity index (χ1v) is 8.58. The van der Waals surface area contributed by atoms with Gasteiger partial charge in [-0.15, -0.1) is 11.8 Å². The maximum Gasteiger partial charge on any atom is 0.230 e. The van der Waals surface area contributed by atoms with Gasteiger partial charge in [0.05, 0.1) is 12.0 Å². The third-order valence-electron chi connectivity index (χ3n) is 3.35. The van der Waals surface area contributed by atoms with Crippen LogP contribution in [-0.2, 0) is 16.1 Å². The normalized spacial score (nSPS) is 16.0. The highest BCUT2D eigenvalue weighted by Crippen LogP contribution is 2.19. The molecule has 1 aromatic rings. The van der Waals surface area contributed by atoms with Gasteiger partial charge in [0.2, 0.25) is 5.91 Å². The van der Waals surface area contributed by atoms with Crippen LogP contribution in [-0.4, -0.2) is 43.2 Å². The molecule has 1 amide bonds. The molecule has 0 atom stereocenters. The lowest BCUT2D eigenvalue weighted by molar-refractivity contribution is -0.118. The Morgan fingerprint density at radius 2 is 2.33 bits per heavy atom. The Morgan fingerprint density at radius 1 is 1.48 bits per heavy atom. The summed E-state index contributed by atoms with van der Waals surface area (Å²) in [6, 6.07) is 3.73. The lowest BCUT2D eigenvalue weighted by atomic mass is 10.2. The average Bonchev–Trinajstić information content (AvgIpc) is 3.03. The first-order valence-electron chi connectivity index (χ1n) is 7.54. The summed E-state index contributed by atoms with van der Waals surface area (Å²) in [6.45, 7) is 3.94. The van der Waals surface area contributed by atoms with E-state index in [1.807, 2.05) is 12.1 Å². The van der Waals surface area contributed by atoms with Gasteiger partial charge < -0.3 is 19.8 Å². The average molecular weight is 312 g/mol. The molecular weight excluding hydrogens is 288 g/mol. The summed E-state index contributed by atoms with van der Waals surface area (Å²) < 4.78 is 10.6. The van der Waals surface area contributed by atoms with Gasteiger partial charge in [0.15, 0.2) is 0 Å². The minimum atomic E-state index is 0.129. The third kappa shape index (κ3) is 7.02. The fourth-order valence-electron chi connectivity index (χ4n) is 2.18. The molecule has 0 unspecified atom stereocenters. The number of ether oxygens (including phenoxy) is 1. The topological polar surface area (TPSA) is 63.5 Å². The summed E-state index contributed by atoms with van der Waals surface area (Å²) in [7, 11) is 0. The number of amides is 1. The van der Waals surface area contributed by atoms with Crippen molar-refractivity contribution in [2.45, 2.75) is 31.1 Å². The van der Waals surface area contributed by atoms with Crippen molar-refractivity contribution in [3.63, 3.8) is 0 Å². The molecule has 1 aliphatic rings. The number of hydrogen-bond acceptors (Lipinski definition) is 5. The summed E-state index contributed by atoms with van der Waals surface area (Å²) >= 11 is 1.78. The van der Waals surface area contributed by atoms with Gasteiger partial charge >= 0.3 is 0 Å². The van der Waals surface area contributed by atoms with Crippen molar-refractivity contribution in [3.8, 4) is 0 Å². The smallest absolute Gasteiger partial charge is 0.230 e. The van der Waals surface area contributed by atoms with E-state index >= 15 is 0 Å². The zero-order chi connectivity index (χ0) is 14.8. The second-order valence-corrected chi connectivity index (χ2v) is 6.38. The molecular formula is C15H24N2O3S. The monoisotopic (exact) mass is 312 g/mol. The summed E-state index contributed by atoms with van der Waals surface area (Å²) in [4.78, 5) is 11.7. The van der Waals surface area contributed by atoms with Crippen LogP contribution in [0, 0.1) is 0 Å². The van der Waals surface area contributed by atoms with Gasteiger partial charge in [-0.05, 0) is 44.5 Å². The van der Waals surface area contributed by atoms with E-state index in [2.05, 4.69) is 10.6 Å². The maximum atomic E-state index is 11.7. The second kappa shape index (κ2) is 9.87. The van der Waals surface area contributed by atoms with E-state index in [9.17, 15) is 4.79 Å². The van der Waals surface area contributed by atoms with Gasteiger partial charge in [-0.1, -0.05) is 0 Å². The lowest BCUT2D eigenvalue weighted by Gasteiger charge is -2.21. The highest BCUT2D eigenvalue weighted by molar-refractivity contribution is 8.00. The molecule has 5 nitrogen and oxygen atoms in total. The zero-order valence-electron chi connectivity index (χ0n) is 12.3. The van der Waals surface area contributed by atoms with E-state index in [0.717, 1.165) is 25.3 Å². The van der Waals surface area contributed by atoms with Gasteiger partial charge in [-0.25, -0.2) is 0 Å². The summed E-state index contributed by atoms with van der Waals surface area (Å²) in [5.41, 5.74) is 0. The number of nitrogens with one attached hydrogen (secondary N) is 2. The first kappa shape index (κ1) is 16.4. The Balaban J connectivity index is 1.42. The van der Waals surface area contributed by atoms with Crippen LogP contribution >= 0.6 is 11.8 Å². The largest absolute Gasteiger partial charge is 0.467 e. The lowest BCUT2D eigenvalue weighted by Crippen LogP contribution is -2.31. The van der Waals surface area contributed by atoms with E-state index in [1.54, 1.807) is 18.0 Å². The van der Waals surface area contributed by atoms with Crippen LogP contribution in [0.25, 0.3) is 0 Å². The standard InChI is InChI=1S/C15H24N2O3S/c18-15(12-21-14-4-7-16-8-5-14)17-6-2-9-19-11-13-3-1-10-20-13/h1,3,10,14,16H,2,4-9,11-12H2,(H,17,18). The predicted molar refractivity (Wildman–Crippen MR) is 84.3 cm³/mol. The summed E-state index contributed by atoms with van der Waals surface area (Å²) in [5.74, 6) is 1.53. The Bertz CT molecular complexity index is 392. The Labute approximate surface area is 130 Å². The Kier molecular flexibility index (Phi) is 7.70. The van der Waals surface area contributed by atoms with Gasteiger partial charge in [0, 0.05) is 18.4 Å². The van der Waals surface area contributed by atoms with Crippen molar-refractivity contribution in [1.82, 2.24) is 10.6 Å². The molecule has 6 heteroatoms. The number of thioether (sulfide) groups is 1. The number of carbonyl (C=O) groups excluding carboxylic acids is 1. The van der Waals surface area contributed by atoms with Crippen LogP contribution < -0.4 is 10.6 Å². The number of rotatable bonds is 9. The number of hydrogen-bond donors (Lipinski definition) is 2. The van der Waals surface area contributed by atoms with E-state index in [4.69, 9.17) is 9.15 Å². The summed E-state index contributed by atoms with van der Waals surface area (Å²) in [6.07, 6.45) is 4.79. The van der Waals surface area contributed by atoms with Crippen LogP contribution in [0.3, 0.4) is 0 Å². The van der Waals surface area contributed by atoms with Crippen molar-refractivity contribution in [1.29, 1.82) is 0 Å². The molecule has 0 saturated carbocycles. The quantitative estimate of drug-likeness (QED) is 0.681. The number of carbonyl (C=O) groups is 1. The molecule has 0 aliphatic carbocycles. The molecule has 1 aliphatic heterocycles. The van der Waals surface area contributed by atoms with Crippen LogP contribution in [0.1, 0.15) is 25.0 Å². The second-order valence-electron chi connectivity index (χ2n) is 5.10. The maximum absolute atomic E-state index is 11.7. The summed E-state index contributed by atoms with van der Waals surface area (Å²) in [5, 5.41) is 6.90. The molecule has 0 bridgehead atoms. The van der Waals surface area contributed by atoms with Crippen molar-refractivity contribution in [2.75, 3.05) is 32.0 Å².